The van der Waals surface area contributed by atoms with Gasteiger partial charge in [-0.25, -0.2) is 9.78 Å². The molecule has 80 valence electrons. The van der Waals surface area contributed by atoms with E-state index in [1.165, 1.54) is 7.05 Å². The lowest BCUT2D eigenvalue weighted by molar-refractivity contribution is -0.167. The first kappa shape index (κ1) is 13.1. The van der Waals surface area contributed by atoms with Crippen LogP contribution in [0.15, 0.2) is 6.20 Å². The largest absolute Gasteiger partial charge is 0.476 e. The Hall–Kier alpha value is -0.880. The third-order valence-corrected chi connectivity index (χ3v) is 1.83. The summed E-state index contributed by atoms with van der Waals surface area (Å²) in [5.74, 6) is -7.15. The molecule has 0 unspecified atom stereocenters. The number of hydrogen-bond acceptors (Lipinski definition) is 2. The highest BCUT2D eigenvalue weighted by Gasteiger charge is 2.45. The number of carboxylic acids is 1. The van der Waals surface area contributed by atoms with Crippen molar-refractivity contribution in [3.8, 4) is 0 Å². The summed E-state index contributed by atoms with van der Waals surface area (Å²) in [5, 5.41) is 8.14. The van der Waals surface area contributed by atoms with Gasteiger partial charge in [0.1, 0.15) is 5.15 Å². The predicted octanol–water partition coefficient (Wildman–Crippen LogP) is 1.67. The molecule has 1 aromatic heterocycles. The number of rotatable bonds is 2. The van der Waals surface area contributed by atoms with Crippen LogP contribution in [0.1, 0.15) is 5.82 Å². The molecule has 0 atom stereocenters. The van der Waals surface area contributed by atoms with E-state index in [0.717, 1.165) is 10.8 Å². The topological polar surface area (TPSA) is 55.1 Å². The Morgan fingerprint density at radius 3 is 2.50 bits per heavy atom. The molecule has 0 aliphatic rings. The Labute approximate surface area is 88.9 Å². The first-order chi connectivity index (χ1) is 5.87. The van der Waals surface area contributed by atoms with Crippen LogP contribution in [0, 0.1) is 0 Å². The molecule has 1 aromatic rings. The Bertz CT molecular complexity index is 354. The molecular weight excluding hydrogens is 241 g/mol. The van der Waals surface area contributed by atoms with Gasteiger partial charge in [-0.2, -0.15) is 8.78 Å². The second-order valence-electron chi connectivity index (χ2n) is 2.34. The van der Waals surface area contributed by atoms with Gasteiger partial charge >= 0.3 is 11.9 Å². The lowest BCUT2D eigenvalue weighted by Crippen LogP contribution is -2.28. The van der Waals surface area contributed by atoms with Gasteiger partial charge in [0.25, 0.3) is 0 Å². The van der Waals surface area contributed by atoms with Crippen molar-refractivity contribution >= 4 is 30.0 Å². The Morgan fingerprint density at radius 2 is 2.21 bits per heavy atom. The summed E-state index contributed by atoms with van der Waals surface area (Å²) in [6, 6.07) is 0. The summed E-state index contributed by atoms with van der Waals surface area (Å²) in [5.41, 5.74) is 0. The zero-order valence-corrected chi connectivity index (χ0v) is 8.44. The van der Waals surface area contributed by atoms with Crippen molar-refractivity contribution in [3.63, 3.8) is 0 Å². The van der Waals surface area contributed by atoms with Crippen molar-refractivity contribution in [1.82, 2.24) is 9.55 Å². The average molecular weight is 247 g/mol. The standard InChI is InChI=1S/C6H5ClF2N2O2.ClH/c1-11-3(7)2-10-4(11)6(8,9)5(12)13;/h2H,1H3,(H,12,13);1H. The molecule has 1 rings (SSSR count). The van der Waals surface area contributed by atoms with Crippen molar-refractivity contribution < 1.29 is 18.7 Å². The third-order valence-electron chi connectivity index (χ3n) is 1.48. The van der Waals surface area contributed by atoms with Crippen molar-refractivity contribution in [2.75, 3.05) is 0 Å². The van der Waals surface area contributed by atoms with Gasteiger partial charge in [0.05, 0.1) is 6.20 Å². The molecule has 0 radical (unpaired) electrons. The van der Waals surface area contributed by atoms with Crippen LogP contribution < -0.4 is 0 Å². The summed E-state index contributed by atoms with van der Waals surface area (Å²) in [4.78, 5) is 13.3. The summed E-state index contributed by atoms with van der Waals surface area (Å²) >= 11 is 5.41. The number of halogens is 4. The number of imidazole rings is 1. The van der Waals surface area contributed by atoms with E-state index in [1.807, 2.05) is 0 Å². The molecule has 0 spiro atoms. The molecule has 4 nitrogen and oxygen atoms in total. The molecule has 0 aliphatic heterocycles. The van der Waals surface area contributed by atoms with Gasteiger partial charge in [0.2, 0.25) is 0 Å². The van der Waals surface area contributed by atoms with Crippen LogP contribution in [0.4, 0.5) is 8.78 Å². The molecule has 8 heteroatoms. The summed E-state index contributed by atoms with van der Waals surface area (Å²) in [7, 11) is 1.21. The molecule has 0 aliphatic carbocycles. The second-order valence-corrected chi connectivity index (χ2v) is 2.73. The number of aliphatic carboxylic acids is 1. The molecule has 14 heavy (non-hydrogen) atoms. The molecule has 0 saturated heterocycles. The van der Waals surface area contributed by atoms with Crippen LogP contribution in [0.5, 0.6) is 0 Å². The van der Waals surface area contributed by atoms with Gasteiger partial charge in [-0.3, -0.25) is 0 Å². The molecular formula is C6H6Cl2F2N2O2. The van der Waals surface area contributed by atoms with E-state index >= 15 is 0 Å². The van der Waals surface area contributed by atoms with Gasteiger partial charge in [0.15, 0.2) is 5.82 Å². The van der Waals surface area contributed by atoms with Crippen molar-refractivity contribution in [2.24, 2.45) is 7.05 Å². The smallest absolute Gasteiger partial charge is 0.399 e. The number of carboxylic acid groups (broad SMARTS) is 1. The van der Waals surface area contributed by atoms with Crippen LogP contribution >= 0.6 is 24.0 Å². The maximum atomic E-state index is 12.8. The zero-order valence-electron chi connectivity index (χ0n) is 6.87. The number of hydrogen-bond donors (Lipinski definition) is 1. The molecule has 1 heterocycles. The fourth-order valence-electron chi connectivity index (χ4n) is 0.776. The van der Waals surface area contributed by atoms with E-state index in [1.54, 1.807) is 0 Å². The molecule has 0 fully saturated rings. The minimum absolute atomic E-state index is 0. The highest BCUT2D eigenvalue weighted by Crippen LogP contribution is 2.28. The van der Waals surface area contributed by atoms with Crippen LogP contribution in [-0.4, -0.2) is 20.6 Å². The van der Waals surface area contributed by atoms with Crippen LogP contribution in [0.2, 0.25) is 5.15 Å². The van der Waals surface area contributed by atoms with Crippen LogP contribution in [0.3, 0.4) is 0 Å². The summed E-state index contributed by atoms with van der Waals surface area (Å²) in [6.45, 7) is 0. The van der Waals surface area contributed by atoms with Crippen molar-refractivity contribution in [1.29, 1.82) is 0 Å². The molecule has 0 bridgehead atoms. The quantitative estimate of drug-likeness (QED) is 0.864. The van der Waals surface area contributed by atoms with E-state index in [9.17, 15) is 13.6 Å². The Balaban J connectivity index is 0.00000169. The van der Waals surface area contributed by atoms with Crippen molar-refractivity contribution in [2.45, 2.75) is 5.92 Å². The first-order valence-electron chi connectivity index (χ1n) is 3.16. The average Bonchev–Trinajstić information content (AvgIpc) is 2.33. The predicted molar refractivity (Wildman–Crippen MR) is 47.0 cm³/mol. The minimum atomic E-state index is -4.01. The van der Waals surface area contributed by atoms with Crippen LogP contribution in [0.25, 0.3) is 0 Å². The van der Waals surface area contributed by atoms with E-state index in [4.69, 9.17) is 16.7 Å². The van der Waals surface area contributed by atoms with E-state index in [2.05, 4.69) is 4.98 Å². The van der Waals surface area contributed by atoms with E-state index < -0.39 is 17.7 Å². The molecule has 0 amide bonds. The van der Waals surface area contributed by atoms with Gasteiger partial charge in [-0.1, -0.05) is 11.6 Å². The molecule has 0 aromatic carbocycles. The molecule has 1 N–H and O–H groups in total. The highest BCUT2D eigenvalue weighted by atomic mass is 35.5. The fourth-order valence-corrected chi connectivity index (χ4v) is 0.905. The third kappa shape index (κ3) is 1.96. The van der Waals surface area contributed by atoms with Gasteiger partial charge in [0, 0.05) is 7.05 Å². The fraction of sp³-hybridized carbons (Fsp3) is 0.333. The second kappa shape index (κ2) is 4.10. The number of carbonyl (C=O) groups is 1. The number of alkyl halides is 2. The minimum Gasteiger partial charge on any atom is -0.476 e. The maximum absolute atomic E-state index is 12.8. The van der Waals surface area contributed by atoms with Gasteiger partial charge in [-0.15, -0.1) is 12.4 Å². The maximum Gasteiger partial charge on any atom is 0.399 e. The lowest BCUT2D eigenvalue weighted by atomic mass is 10.3. The first-order valence-corrected chi connectivity index (χ1v) is 3.54. The molecule has 0 saturated carbocycles. The van der Waals surface area contributed by atoms with E-state index in [0.29, 0.717) is 0 Å². The van der Waals surface area contributed by atoms with Gasteiger partial charge in [-0.05, 0) is 0 Å². The number of aromatic nitrogens is 2. The summed E-state index contributed by atoms with van der Waals surface area (Å²) < 4.78 is 26.4. The monoisotopic (exact) mass is 246 g/mol. The summed E-state index contributed by atoms with van der Waals surface area (Å²) in [6.07, 6.45) is 0.966. The van der Waals surface area contributed by atoms with Gasteiger partial charge < -0.3 is 9.67 Å². The number of nitrogens with zero attached hydrogens (tertiary/aromatic N) is 2. The normalized spacial score (nSPS) is 10.9. The van der Waals surface area contributed by atoms with E-state index in [-0.39, 0.29) is 17.6 Å². The van der Waals surface area contributed by atoms with Crippen molar-refractivity contribution in [3.05, 3.63) is 17.2 Å². The lowest BCUT2D eigenvalue weighted by Gasteiger charge is -2.10. The zero-order chi connectivity index (χ0) is 10.2. The SMILES string of the molecule is Cl.Cn1c(Cl)cnc1C(F)(F)C(=O)O. The Morgan fingerprint density at radius 1 is 1.71 bits per heavy atom. The Kier molecular flexibility index (Phi) is 3.84. The van der Waals surface area contributed by atoms with Crippen LogP contribution in [-0.2, 0) is 17.8 Å². The highest BCUT2D eigenvalue weighted by molar-refractivity contribution is 6.29.